The van der Waals surface area contributed by atoms with Gasteiger partial charge in [-0.15, -0.1) is 0 Å². The molecule has 1 aliphatic heterocycles. The van der Waals surface area contributed by atoms with E-state index in [1.54, 1.807) is 7.11 Å². The van der Waals surface area contributed by atoms with Gasteiger partial charge in [0.1, 0.15) is 5.75 Å². The lowest BCUT2D eigenvalue weighted by atomic mass is 9.83. The highest BCUT2D eigenvalue weighted by Crippen LogP contribution is 2.32. The van der Waals surface area contributed by atoms with Gasteiger partial charge in [-0.25, -0.2) is 0 Å². The molecule has 2 N–H and O–H groups in total. The molecule has 2 rings (SSSR count). The minimum atomic E-state index is 0.446. The van der Waals surface area contributed by atoms with Crippen LogP contribution in [0.2, 0.25) is 0 Å². The molecule has 0 spiro atoms. The van der Waals surface area contributed by atoms with Crippen molar-refractivity contribution >= 4 is 0 Å². The molecule has 1 fully saturated rings. The van der Waals surface area contributed by atoms with Gasteiger partial charge in [0.05, 0.1) is 13.7 Å². The number of nitrogens with two attached hydrogens (primary N) is 1. The first-order chi connectivity index (χ1) is 7.85. The van der Waals surface area contributed by atoms with Crippen molar-refractivity contribution in [2.45, 2.75) is 12.3 Å². The number of rotatable bonds is 3. The Morgan fingerprint density at radius 2 is 2.12 bits per heavy atom. The van der Waals surface area contributed by atoms with Crippen molar-refractivity contribution in [1.82, 2.24) is 0 Å². The third-order valence-electron chi connectivity index (χ3n) is 3.32. The molecule has 0 amide bonds. The quantitative estimate of drug-likeness (QED) is 0.846. The zero-order valence-electron chi connectivity index (χ0n) is 9.69. The van der Waals surface area contributed by atoms with E-state index in [-0.39, 0.29) is 0 Å². The molecule has 2 atom stereocenters. The molecule has 1 aliphatic rings. The summed E-state index contributed by atoms with van der Waals surface area (Å²) in [4.78, 5) is 0. The van der Waals surface area contributed by atoms with Gasteiger partial charge < -0.3 is 15.2 Å². The van der Waals surface area contributed by atoms with E-state index >= 15 is 0 Å². The SMILES string of the molecule is COc1ccc(C2CCOCC2CN)cc1. The molecule has 16 heavy (non-hydrogen) atoms. The van der Waals surface area contributed by atoms with Crippen LogP contribution >= 0.6 is 0 Å². The Kier molecular flexibility index (Phi) is 3.80. The maximum Gasteiger partial charge on any atom is 0.118 e. The smallest absolute Gasteiger partial charge is 0.118 e. The second kappa shape index (κ2) is 5.32. The van der Waals surface area contributed by atoms with E-state index in [0.29, 0.717) is 18.4 Å². The van der Waals surface area contributed by atoms with Gasteiger partial charge in [0.2, 0.25) is 0 Å². The third kappa shape index (κ3) is 2.36. The lowest BCUT2D eigenvalue weighted by molar-refractivity contribution is 0.0436. The Morgan fingerprint density at radius 1 is 1.38 bits per heavy atom. The Morgan fingerprint density at radius 3 is 2.75 bits per heavy atom. The summed E-state index contributed by atoms with van der Waals surface area (Å²) in [7, 11) is 1.69. The largest absolute Gasteiger partial charge is 0.497 e. The van der Waals surface area contributed by atoms with Gasteiger partial charge in [-0.3, -0.25) is 0 Å². The summed E-state index contributed by atoms with van der Waals surface area (Å²) in [5.74, 6) is 1.88. The highest BCUT2D eigenvalue weighted by Gasteiger charge is 2.25. The maximum absolute atomic E-state index is 5.78. The normalized spacial score (nSPS) is 25.4. The summed E-state index contributed by atoms with van der Waals surface area (Å²) in [5.41, 5.74) is 7.13. The fourth-order valence-corrected chi connectivity index (χ4v) is 2.32. The summed E-state index contributed by atoms with van der Waals surface area (Å²) in [6, 6.07) is 8.30. The molecule has 0 aromatic heterocycles. The summed E-state index contributed by atoms with van der Waals surface area (Å²) >= 11 is 0. The fraction of sp³-hybridized carbons (Fsp3) is 0.538. The van der Waals surface area contributed by atoms with Crippen molar-refractivity contribution in [2.24, 2.45) is 11.7 Å². The average Bonchev–Trinajstić information content (AvgIpc) is 2.39. The molecule has 3 heteroatoms. The highest BCUT2D eigenvalue weighted by molar-refractivity contribution is 5.30. The Hall–Kier alpha value is -1.06. The van der Waals surface area contributed by atoms with Crippen LogP contribution in [-0.2, 0) is 4.74 Å². The van der Waals surface area contributed by atoms with E-state index in [0.717, 1.165) is 25.4 Å². The first kappa shape index (κ1) is 11.4. The van der Waals surface area contributed by atoms with Crippen LogP contribution in [0, 0.1) is 5.92 Å². The Labute approximate surface area is 96.5 Å². The Bertz CT molecular complexity index is 323. The first-order valence-electron chi connectivity index (χ1n) is 5.77. The lowest BCUT2D eigenvalue weighted by Crippen LogP contribution is -2.31. The van der Waals surface area contributed by atoms with E-state index in [1.807, 2.05) is 12.1 Å². The van der Waals surface area contributed by atoms with Crippen molar-refractivity contribution in [2.75, 3.05) is 26.9 Å². The van der Waals surface area contributed by atoms with Crippen molar-refractivity contribution in [3.05, 3.63) is 29.8 Å². The zero-order chi connectivity index (χ0) is 11.4. The van der Waals surface area contributed by atoms with E-state index in [1.165, 1.54) is 5.56 Å². The molecular weight excluding hydrogens is 202 g/mol. The molecule has 1 saturated heterocycles. The van der Waals surface area contributed by atoms with Crippen LogP contribution in [0.1, 0.15) is 17.9 Å². The number of benzene rings is 1. The van der Waals surface area contributed by atoms with Crippen LogP contribution in [0.4, 0.5) is 0 Å². The Balaban J connectivity index is 2.14. The molecule has 0 saturated carbocycles. The predicted octanol–water partition coefficient (Wildman–Crippen LogP) is 1.77. The molecule has 1 aromatic rings. The zero-order valence-corrected chi connectivity index (χ0v) is 9.69. The van der Waals surface area contributed by atoms with Gasteiger partial charge in [0, 0.05) is 12.5 Å². The van der Waals surface area contributed by atoms with E-state index in [2.05, 4.69) is 12.1 Å². The van der Waals surface area contributed by atoms with Gasteiger partial charge in [-0.05, 0) is 36.6 Å². The lowest BCUT2D eigenvalue weighted by Gasteiger charge is -2.31. The third-order valence-corrected chi connectivity index (χ3v) is 3.32. The van der Waals surface area contributed by atoms with Gasteiger partial charge >= 0.3 is 0 Å². The summed E-state index contributed by atoms with van der Waals surface area (Å²) < 4.78 is 10.6. The fourth-order valence-electron chi connectivity index (χ4n) is 2.32. The molecule has 3 nitrogen and oxygen atoms in total. The minimum absolute atomic E-state index is 0.446. The van der Waals surface area contributed by atoms with Crippen LogP contribution in [0.3, 0.4) is 0 Å². The maximum atomic E-state index is 5.78. The van der Waals surface area contributed by atoms with Gasteiger partial charge in [-0.1, -0.05) is 12.1 Å². The van der Waals surface area contributed by atoms with Crippen molar-refractivity contribution in [3.63, 3.8) is 0 Å². The molecule has 0 bridgehead atoms. The molecule has 88 valence electrons. The molecule has 2 unspecified atom stereocenters. The number of hydrogen-bond donors (Lipinski definition) is 1. The van der Waals surface area contributed by atoms with Crippen LogP contribution in [0.25, 0.3) is 0 Å². The van der Waals surface area contributed by atoms with Gasteiger partial charge in [0.15, 0.2) is 0 Å². The number of hydrogen-bond acceptors (Lipinski definition) is 3. The summed E-state index contributed by atoms with van der Waals surface area (Å²) in [5, 5.41) is 0. The van der Waals surface area contributed by atoms with E-state index in [4.69, 9.17) is 15.2 Å². The van der Waals surface area contributed by atoms with Crippen molar-refractivity contribution in [1.29, 1.82) is 0 Å². The average molecular weight is 221 g/mol. The number of ether oxygens (including phenoxy) is 2. The predicted molar refractivity (Wildman–Crippen MR) is 63.7 cm³/mol. The first-order valence-corrected chi connectivity index (χ1v) is 5.77. The van der Waals surface area contributed by atoms with E-state index < -0.39 is 0 Å². The number of methoxy groups -OCH3 is 1. The van der Waals surface area contributed by atoms with Crippen LogP contribution in [0.15, 0.2) is 24.3 Å². The van der Waals surface area contributed by atoms with Gasteiger partial charge in [-0.2, -0.15) is 0 Å². The van der Waals surface area contributed by atoms with Gasteiger partial charge in [0.25, 0.3) is 0 Å². The highest BCUT2D eigenvalue weighted by atomic mass is 16.5. The van der Waals surface area contributed by atoms with Crippen LogP contribution < -0.4 is 10.5 Å². The summed E-state index contributed by atoms with van der Waals surface area (Å²) in [6.07, 6.45) is 1.06. The standard InChI is InChI=1S/C13H19NO2/c1-15-12-4-2-10(3-5-12)13-6-7-16-9-11(13)8-14/h2-5,11,13H,6-9,14H2,1H3. The van der Waals surface area contributed by atoms with E-state index in [9.17, 15) is 0 Å². The molecule has 0 radical (unpaired) electrons. The van der Waals surface area contributed by atoms with Crippen LogP contribution in [-0.4, -0.2) is 26.9 Å². The monoisotopic (exact) mass is 221 g/mol. The second-order valence-electron chi connectivity index (χ2n) is 4.24. The molecular formula is C13H19NO2. The topological polar surface area (TPSA) is 44.5 Å². The minimum Gasteiger partial charge on any atom is -0.497 e. The van der Waals surface area contributed by atoms with Crippen molar-refractivity contribution in [3.8, 4) is 5.75 Å². The summed E-state index contributed by atoms with van der Waals surface area (Å²) in [6.45, 7) is 2.32. The molecule has 0 aliphatic carbocycles. The second-order valence-corrected chi connectivity index (χ2v) is 4.24. The molecule has 1 aromatic carbocycles. The van der Waals surface area contributed by atoms with Crippen molar-refractivity contribution < 1.29 is 9.47 Å². The molecule has 1 heterocycles. The van der Waals surface area contributed by atoms with Crippen LogP contribution in [0.5, 0.6) is 5.75 Å².